The van der Waals surface area contributed by atoms with Crippen LogP contribution in [0.2, 0.25) is 0 Å². The Labute approximate surface area is 184 Å². The Kier molecular flexibility index (Phi) is 7.51. The molecule has 1 aliphatic heterocycles. The van der Waals surface area contributed by atoms with Crippen LogP contribution in [0.1, 0.15) is 43.6 Å². The van der Waals surface area contributed by atoms with Crippen LogP contribution >= 0.6 is 0 Å². The monoisotopic (exact) mass is 448 g/mol. The Morgan fingerprint density at radius 2 is 1.81 bits per heavy atom. The zero-order chi connectivity index (χ0) is 22.6. The van der Waals surface area contributed by atoms with Gasteiger partial charge >= 0.3 is 0 Å². The van der Waals surface area contributed by atoms with Crippen LogP contribution in [0.4, 0.5) is 0 Å². The number of piperidine rings is 1. The van der Waals surface area contributed by atoms with Gasteiger partial charge in [0, 0.05) is 38.8 Å². The SMILES string of the molecule is Cc1nc(S(=O)(=O)N2CCC(C(=O)NCc3ccc(COC(C)C)cc3)CC2)cn1C. The van der Waals surface area contributed by atoms with Crippen LogP contribution in [0, 0.1) is 12.8 Å². The first-order valence-electron chi connectivity index (χ1n) is 10.6. The van der Waals surface area contributed by atoms with Gasteiger partial charge in [-0.3, -0.25) is 4.79 Å². The molecule has 31 heavy (non-hydrogen) atoms. The number of amides is 1. The number of nitrogens with zero attached hydrogens (tertiary/aromatic N) is 3. The first-order valence-corrected chi connectivity index (χ1v) is 12.1. The maximum absolute atomic E-state index is 12.8. The van der Waals surface area contributed by atoms with E-state index in [0.717, 1.165) is 11.1 Å². The second kappa shape index (κ2) is 9.93. The van der Waals surface area contributed by atoms with Gasteiger partial charge in [0.05, 0.1) is 12.7 Å². The van der Waals surface area contributed by atoms with Crippen molar-refractivity contribution < 1.29 is 17.9 Å². The van der Waals surface area contributed by atoms with Crippen molar-refractivity contribution in [1.29, 1.82) is 0 Å². The molecule has 0 bridgehead atoms. The number of carbonyl (C=O) groups is 1. The van der Waals surface area contributed by atoms with E-state index >= 15 is 0 Å². The van der Waals surface area contributed by atoms with E-state index < -0.39 is 10.0 Å². The number of aryl methyl sites for hydroxylation is 2. The van der Waals surface area contributed by atoms with E-state index in [1.807, 2.05) is 38.1 Å². The summed E-state index contributed by atoms with van der Waals surface area (Å²) in [5.74, 6) is 0.432. The summed E-state index contributed by atoms with van der Waals surface area (Å²) in [5.41, 5.74) is 2.12. The molecule has 0 aliphatic carbocycles. The van der Waals surface area contributed by atoms with E-state index in [1.54, 1.807) is 18.5 Å². The zero-order valence-electron chi connectivity index (χ0n) is 18.7. The molecule has 1 aromatic heterocycles. The van der Waals surface area contributed by atoms with E-state index in [2.05, 4.69) is 10.3 Å². The lowest BCUT2D eigenvalue weighted by Gasteiger charge is -2.29. The Bertz CT molecular complexity index is 972. The van der Waals surface area contributed by atoms with Crippen LogP contribution in [0.15, 0.2) is 35.5 Å². The van der Waals surface area contributed by atoms with E-state index in [1.165, 1.54) is 10.5 Å². The van der Waals surface area contributed by atoms with Gasteiger partial charge in [-0.05, 0) is 44.7 Å². The second-order valence-electron chi connectivity index (χ2n) is 8.31. The fourth-order valence-corrected chi connectivity index (χ4v) is 4.99. The molecule has 1 aliphatic rings. The van der Waals surface area contributed by atoms with Crippen LogP contribution in [-0.2, 0) is 39.8 Å². The van der Waals surface area contributed by atoms with Crippen molar-refractivity contribution in [3.8, 4) is 0 Å². The smallest absolute Gasteiger partial charge is 0.262 e. The molecule has 1 aromatic carbocycles. The molecule has 0 radical (unpaired) electrons. The van der Waals surface area contributed by atoms with Crippen molar-refractivity contribution in [2.24, 2.45) is 13.0 Å². The van der Waals surface area contributed by atoms with Gasteiger partial charge in [0.1, 0.15) is 5.82 Å². The maximum atomic E-state index is 12.8. The third kappa shape index (κ3) is 5.93. The number of rotatable bonds is 8. The highest BCUT2D eigenvalue weighted by atomic mass is 32.2. The second-order valence-corrected chi connectivity index (χ2v) is 10.2. The normalized spacial score (nSPS) is 16.0. The highest BCUT2D eigenvalue weighted by molar-refractivity contribution is 7.89. The lowest BCUT2D eigenvalue weighted by Crippen LogP contribution is -2.43. The van der Waals surface area contributed by atoms with Crippen LogP contribution < -0.4 is 5.32 Å². The van der Waals surface area contributed by atoms with Crippen molar-refractivity contribution in [3.63, 3.8) is 0 Å². The third-order valence-electron chi connectivity index (χ3n) is 5.59. The molecule has 1 amide bonds. The first kappa shape index (κ1) is 23.4. The molecule has 2 aromatic rings. The maximum Gasteiger partial charge on any atom is 0.262 e. The Morgan fingerprint density at radius 1 is 1.19 bits per heavy atom. The minimum Gasteiger partial charge on any atom is -0.374 e. The number of nitrogens with one attached hydrogen (secondary N) is 1. The number of benzene rings is 1. The summed E-state index contributed by atoms with van der Waals surface area (Å²) < 4.78 is 34.3. The molecular formula is C22H32N4O4S. The van der Waals surface area contributed by atoms with Crippen LogP contribution in [-0.4, -0.2) is 47.4 Å². The largest absolute Gasteiger partial charge is 0.374 e. The van der Waals surface area contributed by atoms with Crippen molar-refractivity contribution in [2.75, 3.05) is 13.1 Å². The van der Waals surface area contributed by atoms with Crippen molar-refractivity contribution in [1.82, 2.24) is 19.2 Å². The molecule has 1 saturated heterocycles. The fraction of sp³-hybridized carbons (Fsp3) is 0.545. The third-order valence-corrected chi connectivity index (χ3v) is 7.36. The van der Waals surface area contributed by atoms with E-state index in [4.69, 9.17) is 4.74 Å². The molecule has 0 saturated carbocycles. The molecule has 0 unspecified atom stereocenters. The predicted molar refractivity (Wildman–Crippen MR) is 118 cm³/mol. The van der Waals surface area contributed by atoms with Crippen LogP contribution in [0.5, 0.6) is 0 Å². The van der Waals surface area contributed by atoms with Gasteiger partial charge < -0.3 is 14.6 Å². The molecule has 170 valence electrons. The summed E-state index contributed by atoms with van der Waals surface area (Å²) >= 11 is 0. The topological polar surface area (TPSA) is 93.5 Å². The Morgan fingerprint density at radius 3 is 2.35 bits per heavy atom. The highest BCUT2D eigenvalue weighted by Crippen LogP contribution is 2.23. The fourth-order valence-electron chi connectivity index (χ4n) is 3.49. The number of hydrogen-bond donors (Lipinski definition) is 1. The number of imidazole rings is 1. The van der Waals surface area contributed by atoms with Gasteiger partial charge in [-0.15, -0.1) is 0 Å². The minimum absolute atomic E-state index is 0.0297. The van der Waals surface area contributed by atoms with E-state index in [0.29, 0.717) is 44.9 Å². The van der Waals surface area contributed by atoms with Gasteiger partial charge in [0.15, 0.2) is 5.03 Å². The Balaban J connectivity index is 1.48. The summed E-state index contributed by atoms with van der Waals surface area (Å²) in [4.78, 5) is 16.7. The van der Waals surface area contributed by atoms with Gasteiger partial charge in [-0.1, -0.05) is 24.3 Å². The molecule has 0 atom stereocenters. The van der Waals surface area contributed by atoms with Crippen molar-refractivity contribution in [2.45, 2.75) is 57.9 Å². The van der Waals surface area contributed by atoms with Crippen LogP contribution in [0.25, 0.3) is 0 Å². The summed E-state index contributed by atoms with van der Waals surface area (Å²) in [6, 6.07) is 7.99. The molecule has 2 heterocycles. The van der Waals surface area contributed by atoms with Gasteiger partial charge in [-0.25, -0.2) is 13.4 Å². The van der Waals surface area contributed by atoms with E-state index in [9.17, 15) is 13.2 Å². The average Bonchev–Trinajstić information content (AvgIpc) is 3.10. The number of sulfonamides is 1. The predicted octanol–water partition coefficient (Wildman–Crippen LogP) is 2.37. The van der Waals surface area contributed by atoms with Crippen molar-refractivity contribution >= 4 is 15.9 Å². The standard InChI is InChI=1S/C22H32N4O4S/c1-16(2)30-15-19-7-5-18(6-8-19)13-23-22(27)20-9-11-26(12-10-20)31(28,29)21-14-25(4)17(3)24-21/h5-8,14,16,20H,9-13,15H2,1-4H3,(H,23,27). The molecule has 3 rings (SSSR count). The van der Waals surface area contributed by atoms with Gasteiger partial charge in [-0.2, -0.15) is 4.31 Å². The van der Waals surface area contributed by atoms with Crippen LogP contribution in [0.3, 0.4) is 0 Å². The van der Waals surface area contributed by atoms with Gasteiger partial charge in [0.2, 0.25) is 5.91 Å². The quantitative estimate of drug-likeness (QED) is 0.669. The zero-order valence-corrected chi connectivity index (χ0v) is 19.5. The minimum atomic E-state index is -3.62. The lowest BCUT2D eigenvalue weighted by atomic mass is 9.97. The number of carbonyl (C=O) groups excluding carboxylic acids is 1. The molecular weight excluding hydrogens is 416 g/mol. The number of aromatic nitrogens is 2. The first-order chi connectivity index (χ1) is 14.7. The Hall–Kier alpha value is -2.23. The summed E-state index contributed by atoms with van der Waals surface area (Å²) in [5, 5.41) is 3.05. The average molecular weight is 449 g/mol. The molecule has 1 fully saturated rings. The van der Waals surface area contributed by atoms with E-state index in [-0.39, 0.29) is 23.0 Å². The molecule has 1 N–H and O–H groups in total. The number of ether oxygens (including phenoxy) is 1. The lowest BCUT2D eigenvalue weighted by molar-refractivity contribution is -0.126. The summed E-state index contributed by atoms with van der Waals surface area (Å²) in [6.07, 6.45) is 2.72. The van der Waals surface area contributed by atoms with Crippen molar-refractivity contribution in [3.05, 3.63) is 47.4 Å². The molecule has 8 nitrogen and oxygen atoms in total. The molecule has 0 spiro atoms. The number of hydrogen-bond acceptors (Lipinski definition) is 5. The highest BCUT2D eigenvalue weighted by Gasteiger charge is 2.33. The summed E-state index contributed by atoms with van der Waals surface area (Å²) in [6.45, 7) is 7.44. The summed E-state index contributed by atoms with van der Waals surface area (Å²) in [7, 11) is -1.85. The molecule has 9 heteroatoms. The van der Waals surface area contributed by atoms with Gasteiger partial charge in [0.25, 0.3) is 10.0 Å².